The van der Waals surface area contributed by atoms with Crippen LogP contribution in [0.1, 0.15) is 264 Å². The molecule has 67 heavy (non-hydrogen) atoms. The van der Waals surface area contributed by atoms with E-state index in [1.807, 2.05) is 27.2 Å². The van der Waals surface area contributed by atoms with Gasteiger partial charge in [-0.1, -0.05) is 249 Å². The molecule has 3 N–H and O–H groups in total. The lowest BCUT2D eigenvalue weighted by molar-refractivity contribution is -0.870. The number of phosphoric ester groups is 1. The number of allylic oxidation sites excluding steroid dienone is 7. The number of nitrogens with zero attached hydrogens (tertiary/aromatic N) is 1. The molecule has 8 nitrogen and oxygen atoms in total. The van der Waals surface area contributed by atoms with Crippen molar-refractivity contribution in [1.82, 2.24) is 5.32 Å². The van der Waals surface area contributed by atoms with Gasteiger partial charge in [0.05, 0.1) is 39.9 Å². The van der Waals surface area contributed by atoms with Crippen molar-refractivity contribution in [2.45, 2.75) is 276 Å². The van der Waals surface area contributed by atoms with Crippen LogP contribution in [-0.4, -0.2) is 73.4 Å². The maximum Gasteiger partial charge on any atom is 0.472 e. The van der Waals surface area contributed by atoms with Crippen molar-refractivity contribution in [2.75, 3.05) is 40.9 Å². The first kappa shape index (κ1) is 65.5. The molecule has 0 rings (SSSR count). The number of quaternary nitrogens is 1. The number of aliphatic hydroxyl groups excluding tert-OH is 1. The molecule has 0 radical (unpaired) electrons. The molecule has 0 aliphatic heterocycles. The highest BCUT2D eigenvalue weighted by Crippen LogP contribution is 2.43. The Morgan fingerprint density at radius 2 is 0.851 bits per heavy atom. The first-order chi connectivity index (χ1) is 32.5. The molecule has 0 aliphatic rings. The lowest BCUT2D eigenvalue weighted by Crippen LogP contribution is -2.45. The molecule has 0 aromatic heterocycles. The van der Waals surface area contributed by atoms with Crippen molar-refractivity contribution in [3.8, 4) is 0 Å². The van der Waals surface area contributed by atoms with Crippen LogP contribution in [0.15, 0.2) is 48.6 Å². The maximum absolute atomic E-state index is 13.0. The monoisotopic (exact) mass is 964 g/mol. The average Bonchev–Trinajstić information content (AvgIpc) is 3.29. The highest BCUT2D eigenvalue weighted by molar-refractivity contribution is 7.47. The highest BCUT2D eigenvalue weighted by Gasteiger charge is 2.27. The summed E-state index contributed by atoms with van der Waals surface area (Å²) in [5.74, 6) is -0.188. The fourth-order valence-corrected chi connectivity index (χ4v) is 9.02. The molecule has 9 heteroatoms. The molecule has 0 saturated heterocycles. The van der Waals surface area contributed by atoms with Crippen LogP contribution in [0.4, 0.5) is 0 Å². The molecule has 0 saturated carbocycles. The van der Waals surface area contributed by atoms with E-state index in [0.29, 0.717) is 17.4 Å². The molecule has 3 atom stereocenters. The van der Waals surface area contributed by atoms with Gasteiger partial charge in [0.1, 0.15) is 13.2 Å². The van der Waals surface area contributed by atoms with Gasteiger partial charge in [-0.2, -0.15) is 0 Å². The van der Waals surface area contributed by atoms with Gasteiger partial charge in [0.25, 0.3) is 0 Å². The first-order valence-corrected chi connectivity index (χ1v) is 30.0. The number of hydrogen-bond acceptors (Lipinski definition) is 5. The number of nitrogens with one attached hydrogen (secondary N) is 1. The van der Waals surface area contributed by atoms with E-state index in [0.717, 1.165) is 64.2 Å². The summed E-state index contributed by atoms with van der Waals surface area (Å²) in [6.07, 6.45) is 64.9. The summed E-state index contributed by atoms with van der Waals surface area (Å²) in [7, 11) is 1.56. The van der Waals surface area contributed by atoms with Crippen molar-refractivity contribution in [2.24, 2.45) is 0 Å². The van der Waals surface area contributed by atoms with Crippen LogP contribution in [0, 0.1) is 0 Å². The molecule has 0 aliphatic carbocycles. The van der Waals surface area contributed by atoms with Gasteiger partial charge in [-0.15, -0.1) is 0 Å². The minimum Gasteiger partial charge on any atom is -0.387 e. The predicted molar refractivity (Wildman–Crippen MR) is 291 cm³/mol. The number of aliphatic hydroxyl groups is 1. The van der Waals surface area contributed by atoms with Crippen LogP contribution >= 0.6 is 7.82 Å². The summed E-state index contributed by atoms with van der Waals surface area (Å²) in [5.41, 5.74) is 0. The van der Waals surface area contributed by atoms with Crippen LogP contribution in [0.25, 0.3) is 0 Å². The van der Waals surface area contributed by atoms with Crippen LogP contribution in [0.5, 0.6) is 0 Å². The predicted octanol–water partition coefficient (Wildman–Crippen LogP) is 17.2. The van der Waals surface area contributed by atoms with E-state index in [9.17, 15) is 19.4 Å². The lowest BCUT2D eigenvalue weighted by Gasteiger charge is -2.25. The molecular weight excluding hydrogens is 852 g/mol. The summed E-state index contributed by atoms with van der Waals surface area (Å²) in [4.78, 5) is 23.3. The third-order valence-electron chi connectivity index (χ3n) is 12.8. The van der Waals surface area contributed by atoms with Crippen LogP contribution < -0.4 is 5.32 Å². The smallest absolute Gasteiger partial charge is 0.387 e. The van der Waals surface area contributed by atoms with E-state index in [1.54, 1.807) is 6.08 Å². The number of unbranched alkanes of at least 4 members (excludes halogenated alkanes) is 33. The summed E-state index contributed by atoms with van der Waals surface area (Å²) >= 11 is 0. The van der Waals surface area contributed by atoms with Gasteiger partial charge in [-0.3, -0.25) is 13.8 Å². The van der Waals surface area contributed by atoms with E-state index in [-0.39, 0.29) is 19.1 Å². The summed E-state index contributed by atoms with van der Waals surface area (Å²) < 4.78 is 23.7. The van der Waals surface area contributed by atoms with Crippen molar-refractivity contribution in [3.63, 3.8) is 0 Å². The Balaban J connectivity index is 4.23. The SMILES string of the molecule is CCCCC/C=C\C/C=C\C/C=C\CCCCCCCCC(=O)NC(COP(=O)(O)OCC[N+](C)(C)C)C(O)/C=C/CCCCCCCCCCCCCCCCCCCCCCCCCC. The van der Waals surface area contributed by atoms with Crippen molar-refractivity contribution >= 4 is 13.7 Å². The molecule has 0 aromatic rings. The molecule has 0 spiro atoms. The molecule has 1 amide bonds. The van der Waals surface area contributed by atoms with Gasteiger partial charge in [0, 0.05) is 6.42 Å². The number of carbonyl (C=O) groups is 1. The zero-order chi connectivity index (χ0) is 49.2. The second-order valence-corrected chi connectivity index (χ2v) is 22.1. The Bertz CT molecular complexity index is 1230. The van der Waals surface area contributed by atoms with E-state index >= 15 is 0 Å². The van der Waals surface area contributed by atoms with Crippen molar-refractivity contribution < 1.29 is 32.9 Å². The minimum atomic E-state index is -4.35. The first-order valence-electron chi connectivity index (χ1n) is 28.5. The Hall–Kier alpha value is -1.54. The van der Waals surface area contributed by atoms with Crippen LogP contribution in [0.3, 0.4) is 0 Å². The number of likely N-dealkylation sites (N-methyl/N-ethyl adjacent to an activating group) is 1. The molecule has 0 bridgehead atoms. The fourth-order valence-electron chi connectivity index (χ4n) is 8.29. The number of phosphoric acid groups is 1. The number of rotatable bonds is 52. The van der Waals surface area contributed by atoms with Crippen molar-refractivity contribution in [3.05, 3.63) is 48.6 Å². The van der Waals surface area contributed by atoms with Crippen LogP contribution in [-0.2, 0) is 18.4 Å². The summed E-state index contributed by atoms with van der Waals surface area (Å²) in [6, 6.07) is -0.855. The largest absolute Gasteiger partial charge is 0.472 e. The molecule has 394 valence electrons. The summed E-state index contributed by atoms with van der Waals surface area (Å²) in [5, 5.41) is 13.9. The number of hydrogen-bond donors (Lipinski definition) is 3. The maximum atomic E-state index is 13.0. The number of carbonyl (C=O) groups excluding carboxylic acids is 1. The quantitative estimate of drug-likeness (QED) is 0.0243. The van der Waals surface area contributed by atoms with Gasteiger partial charge in [-0.05, 0) is 57.8 Å². The van der Waals surface area contributed by atoms with Gasteiger partial charge in [-0.25, -0.2) is 4.57 Å². The topological polar surface area (TPSA) is 105 Å². The van der Waals surface area contributed by atoms with Gasteiger partial charge in [0.2, 0.25) is 5.91 Å². The zero-order valence-corrected chi connectivity index (χ0v) is 45.8. The van der Waals surface area contributed by atoms with E-state index < -0.39 is 20.0 Å². The minimum absolute atomic E-state index is 0.0578. The molecule has 0 heterocycles. The third kappa shape index (κ3) is 52.1. The second-order valence-electron chi connectivity index (χ2n) is 20.7. The second kappa shape index (κ2) is 49.4. The Kier molecular flexibility index (Phi) is 48.3. The molecule has 0 aromatic carbocycles. The standard InChI is InChI=1S/C58H111N2O6P/c1-6-8-10-12-14-16-18-20-22-24-26-27-28-29-30-31-32-34-35-37-39-41-43-45-47-49-51-57(61)56(55-66-67(63,64)65-54-53-60(3,4)5)59-58(62)52-50-48-46-44-42-40-38-36-33-25-23-21-19-17-15-13-11-9-7-2/h15,17,21,23,33,36,49,51,56-57,61H,6-14,16,18-20,22,24-32,34-35,37-48,50,52-55H2,1-5H3,(H-,59,62,63,64)/p+1/b17-15-,23-21-,36-33-,51-49+. The molecular formula is C58H112N2O6P+. The Labute approximate surface area is 416 Å². The van der Waals surface area contributed by atoms with E-state index in [4.69, 9.17) is 9.05 Å². The van der Waals surface area contributed by atoms with E-state index in [1.165, 1.54) is 180 Å². The Morgan fingerprint density at radius 1 is 0.507 bits per heavy atom. The lowest BCUT2D eigenvalue weighted by atomic mass is 10.0. The normalized spacial score (nSPS) is 14.3. The molecule has 0 fully saturated rings. The number of amides is 1. The third-order valence-corrected chi connectivity index (χ3v) is 13.8. The van der Waals surface area contributed by atoms with Gasteiger partial charge < -0.3 is 19.8 Å². The van der Waals surface area contributed by atoms with Gasteiger partial charge >= 0.3 is 7.82 Å². The average molecular weight is 965 g/mol. The molecule has 3 unspecified atom stereocenters. The van der Waals surface area contributed by atoms with Crippen molar-refractivity contribution in [1.29, 1.82) is 0 Å². The highest BCUT2D eigenvalue weighted by atomic mass is 31.2. The van der Waals surface area contributed by atoms with Gasteiger partial charge in [0.15, 0.2) is 0 Å². The summed E-state index contributed by atoms with van der Waals surface area (Å²) in [6.45, 7) is 4.80. The Morgan fingerprint density at radius 3 is 1.27 bits per heavy atom. The zero-order valence-electron chi connectivity index (χ0n) is 44.9. The van der Waals surface area contributed by atoms with Crippen LogP contribution in [0.2, 0.25) is 0 Å². The fraction of sp³-hybridized carbons (Fsp3) is 0.845. The van der Waals surface area contributed by atoms with E-state index in [2.05, 4.69) is 55.6 Å².